The molecule has 0 unspecified atom stereocenters. The fourth-order valence-corrected chi connectivity index (χ4v) is 2.82. The molecule has 1 aromatic carbocycles. The lowest BCUT2D eigenvalue weighted by Crippen LogP contribution is -1.98. The van der Waals surface area contributed by atoms with Crippen LogP contribution in [0.15, 0.2) is 36.5 Å². The summed E-state index contributed by atoms with van der Waals surface area (Å²) in [4.78, 5) is 20.0. The molecule has 3 rings (SSSR count). The number of thiazole rings is 1. The molecule has 7 heteroatoms. The van der Waals surface area contributed by atoms with Gasteiger partial charge in [-0.15, -0.1) is 0 Å². The molecule has 3 aromatic rings. The van der Waals surface area contributed by atoms with Crippen molar-refractivity contribution in [1.82, 2.24) is 9.97 Å². The molecule has 2 heterocycles. The number of pyridine rings is 1. The van der Waals surface area contributed by atoms with Crippen LogP contribution in [-0.2, 0) is 4.74 Å². The lowest BCUT2D eigenvalue weighted by Gasteiger charge is -2.02. The summed E-state index contributed by atoms with van der Waals surface area (Å²) in [7, 11) is 1.28. The Morgan fingerprint density at radius 1 is 1.33 bits per heavy atom. The predicted octanol–water partition coefficient (Wildman–Crippen LogP) is 3.92. The highest BCUT2D eigenvalue weighted by Crippen LogP contribution is 2.32. The number of rotatable bonds is 3. The van der Waals surface area contributed by atoms with Crippen molar-refractivity contribution in [3.05, 3.63) is 46.6 Å². The Bertz CT molecular complexity index is 819. The van der Waals surface area contributed by atoms with E-state index in [-0.39, 0.29) is 15.2 Å². The normalized spacial score (nSPS) is 10.6. The Morgan fingerprint density at radius 3 is 2.95 bits per heavy atom. The van der Waals surface area contributed by atoms with Crippen LogP contribution in [0.4, 0.5) is 0 Å². The Hall–Kier alpha value is -2.18. The molecule has 0 N–H and O–H groups in total. The second kappa shape index (κ2) is 5.67. The van der Waals surface area contributed by atoms with Crippen LogP contribution in [-0.4, -0.2) is 23.0 Å². The Labute approximate surface area is 129 Å². The number of aromatic nitrogens is 2. The summed E-state index contributed by atoms with van der Waals surface area (Å²) in [5, 5.41) is 1.28. The number of hydrogen-bond acceptors (Lipinski definition) is 6. The zero-order valence-electron chi connectivity index (χ0n) is 10.9. The van der Waals surface area contributed by atoms with Crippen LogP contribution in [0.2, 0.25) is 5.15 Å². The first-order valence-corrected chi connectivity index (χ1v) is 7.14. The summed E-state index contributed by atoms with van der Waals surface area (Å²) >= 11 is 6.91. The van der Waals surface area contributed by atoms with E-state index in [0.29, 0.717) is 5.75 Å². The first-order chi connectivity index (χ1) is 10.2. The Kier molecular flexibility index (Phi) is 3.72. The molecule has 0 radical (unpaired) electrons. The van der Waals surface area contributed by atoms with E-state index >= 15 is 0 Å². The minimum Gasteiger partial charge on any atom is -0.465 e. The maximum Gasteiger partial charge on any atom is 0.351 e. The quantitative estimate of drug-likeness (QED) is 0.684. The standard InChI is InChI=1S/C14H9ClN2O3S/c1-19-13(18)11-12(15)17-14(21-11)20-9-6-8-4-2-3-5-10(8)16-7-9/h2-7H,1H3. The predicted molar refractivity (Wildman–Crippen MR) is 80.3 cm³/mol. The van der Waals surface area contributed by atoms with Crippen LogP contribution in [0.25, 0.3) is 10.9 Å². The second-order valence-corrected chi connectivity index (χ2v) is 5.38. The number of carbonyl (C=O) groups is 1. The average Bonchev–Trinajstić information content (AvgIpc) is 2.87. The third kappa shape index (κ3) is 2.81. The van der Waals surface area contributed by atoms with Gasteiger partial charge in [-0.3, -0.25) is 4.98 Å². The van der Waals surface area contributed by atoms with Gasteiger partial charge in [0, 0.05) is 5.39 Å². The van der Waals surface area contributed by atoms with Gasteiger partial charge >= 0.3 is 5.97 Å². The maximum absolute atomic E-state index is 11.5. The number of carbonyl (C=O) groups excluding carboxylic acids is 1. The highest BCUT2D eigenvalue weighted by atomic mass is 35.5. The van der Waals surface area contributed by atoms with Crippen molar-refractivity contribution in [2.24, 2.45) is 0 Å². The average molecular weight is 321 g/mol. The molecule has 0 fully saturated rings. The van der Waals surface area contributed by atoms with Gasteiger partial charge in [0.2, 0.25) is 0 Å². The van der Waals surface area contributed by atoms with E-state index in [1.165, 1.54) is 7.11 Å². The highest BCUT2D eigenvalue weighted by molar-refractivity contribution is 7.15. The van der Waals surface area contributed by atoms with E-state index < -0.39 is 5.97 Å². The van der Waals surface area contributed by atoms with Crippen LogP contribution in [0.1, 0.15) is 9.67 Å². The topological polar surface area (TPSA) is 61.3 Å². The van der Waals surface area contributed by atoms with Crippen molar-refractivity contribution in [3.63, 3.8) is 0 Å². The van der Waals surface area contributed by atoms with Crippen LogP contribution >= 0.6 is 22.9 Å². The van der Waals surface area contributed by atoms with Crippen LogP contribution < -0.4 is 4.74 Å². The number of ether oxygens (including phenoxy) is 2. The number of methoxy groups -OCH3 is 1. The first kappa shape index (κ1) is 13.8. The molecule has 2 aromatic heterocycles. The van der Waals surface area contributed by atoms with Gasteiger partial charge in [-0.25, -0.2) is 4.79 Å². The van der Waals surface area contributed by atoms with Crippen molar-refractivity contribution in [3.8, 4) is 10.9 Å². The second-order valence-electron chi connectivity index (χ2n) is 4.06. The first-order valence-electron chi connectivity index (χ1n) is 5.94. The smallest absolute Gasteiger partial charge is 0.351 e. The summed E-state index contributed by atoms with van der Waals surface area (Å²) in [6.07, 6.45) is 1.59. The molecule has 0 aliphatic carbocycles. The number of fused-ring (bicyclic) bond motifs is 1. The van der Waals surface area contributed by atoms with Crippen LogP contribution in [0.5, 0.6) is 10.9 Å². The third-order valence-corrected chi connectivity index (χ3v) is 4.01. The van der Waals surface area contributed by atoms with E-state index in [0.717, 1.165) is 22.2 Å². The van der Waals surface area contributed by atoms with E-state index in [9.17, 15) is 4.79 Å². The number of esters is 1. The van der Waals surface area contributed by atoms with Gasteiger partial charge in [-0.1, -0.05) is 41.1 Å². The maximum atomic E-state index is 11.5. The molecular formula is C14H9ClN2O3S. The molecule has 0 saturated heterocycles. The van der Waals surface area contributed by atoms with Gasteiger partial charge in [0.25, 0.3) is 5.19 Å². The zero-order chi connectivity index (χ0) is 14.8. The van der Waals surface area contributed by atoms with Gasteiger partial charge in [0.05, 0.1) is 18.8 Å². The van der Waals surface area contributed by atoms with Gasteiger partial charge in [-0.2, -0.15) is 4.98 Å². The molecule has 21 heavy (non-hydrogen) atoms. The van der Waals surface area contributed by atoms with E-state index in [1.54, 1.807) is 6.20 Å². The number of nitrogens with zero attached hydrogens (tertiary/aromatic N) is 2. The number of hydrogen-bond donors (Lipinski definition) is 0. The summed E-state index contributed by atoms with van der Waals surface area (Å²) in [6.45, 7) is 0. The van der Waals surface area contributed by atoms with E-state index in [1.807, 2.05) is 30.3 Å². The lowest BCUT2D eigenvalue weighted by molar-refractivity contribution is 0.0606. The summed E-state index contributed by atoms with van der Waals surface area (Å²) in [6, 6.07) is 9.52. The van der Waals surface area contributed by atoms with Gasteiger partial charge < -0.3 is 9.47 Å². The van der Waals surface area contributed by atoms with E-state index in [2.05, 4.69) is 14.7 Å². The molecule has 5 nitrogen and oxygen atoms in total. The highest BCUT2D eigenvalue weighted by Gasteiger charge is 2.18. The van der Waals surface area contributed by atoms with Crippen LogP contribution in [0.3, 0.4) is 0 Å². The van der Waals surface area contributed by atoms with Gasteiger partial charge in [-0.05, 0) is 12.1 Å². The van der Waals surface area contributed by atoms with Crippen molar-refractivity contribution < 1.29 is 14.3 Å². The summed E-state index contributed by atoms with van der Waals surface area (Å²) in [5.74, 6) is -0.0143. The fraction of sp³-hybridized carbons (Fsp3) is 0.0714. The molecule has 0 saturated carbocycles. The van der Waals surface area contributed by atoms with E-state index in [4.69, 9.17) is 16.3 Å². The molecule has 0 aliphatic rings. The van der Waals surface area contributed by atoms with Crippen molar-refractivity contribution >= 4 is 39.8 Å². The molecule has 0 bridgehead atoms. The van der Waals surface area contributed by atoms with Crippen molar-refractivity contribution in [2.75, 3.05) is 7.11 Å². The lowest BCUT2D eigenvalue weighted by atomic mass is 10.2. The molecule has 0 spiro atoms. The van der Waals surface area contributed by atoms with Crippen molar-refractivity contribution in [2.45, 2.75) is 0 Å². The van der Waals surface area contributed by atoms with Gasteiger partial charge in [0.15, 0.2) is 10.0 Å². The molecule has 0 atom stereocenters. The summed E-state index contributed by atoms with van der Waals surface area (Å²) in [5.41, 5.74) is 0.872. The molecular weight excluding hydrogens is 312 g/mol. The number of halogens is 1. The molecule has 0 aliphatic heterocycles. The summed E-state index contributed by atoms with van der Waals surface area (Å²) < 4.78 is 10.2. The largest absolute Gasteiger partial charge is 0.465 e. The number of benzene rings is 1. The molecule has 106 valence electrons. The van der Waals surface area contributed by atoms with Crippen LogP contribution in [0, 0.1) is 0 Å². The zero-order valence-corrected chi connectivity index (χ0v) is 12.4. The number of para-hydroxylation sites is 1. The SMILES string of the molecule is COC(=O)c1sc(Oc2cnc3ccccc3c2)nc1Cl. The van der Waals surface area contributed by atoms with Crippen molar-refractivity contribution in [1.29, 1.82) is 0 Å². The minimum atomic E-state index is -0.538. The Morgan fingerprint density at radius 2 is 2.14 bits per heavy atom. The minimum absolute atomic E-state index is 0.0654. The Balaban J connectivity index is 1.89. The third-order valence-electron chi connectivity index (χ3n) is 2.71. The fourth-order valence-electron chi connectivity index (χ4n) is 1.75. The van der Waals surface area contributed by atoms with Gasteiger partial charge in [0.1, 0.15) is 5.75 Å². The monoisotopic (exact) mass is 320 g/mol. The molecule has 0 amide bonds.